The molecule has 0 fully saturated rings. The summed E-state index contributed by atoms with van der Waals surface area (Å²) in [5, 5.41) is 0. The Morgan fingerprint density at radius 1 is 0.824 bits per heavy atom. The lowest BCUT2D eigenvalue weighted by atomic mass is 10.1. The van der Waals surface area contributed by atoms with Gasteiger partial charge in [-0.05, 0) is 94.4 Å². The number of hydrogen-bond donors (Lipinski definition) is 0. The van der Waals surface area contributed by atoms with E-state index in [2.05, 4.69) is 102 Å². The predicted molar refractivity (Wildman–Crippen MR) is 156 cm³/mol. The average molecular weight is 810 g/mol. The smallest absolute Gasteiger partial charge is 0.145 e. The topological polar surface area (TPSA) is 54.1 Å². The molecular weight excluding hydrogens is 790 g/mol. The summed E-state index contributed by atoms with van der Waals surface area (Å²) in [5.74, 6) is 3.80. The highest BCUT2D eigenvalue weighted by Gasteiger charge is 2.20. The zero-order chi connectivity index (χ0) is 23.7. The van der Waals surface area contributed by atoms with E-state index in [0.29, 0.717) is 0 Å². The van der Waals surface area contributed by atoms with Gasteiger partial charge >= 0.3 is 0 Å². The second-order valence-electron chi connectivity index (χ2n) is 7.80. The first-order chi connectivity index (χ1) is 16.5. The highest BCUT2D eigenvalue weighted by Crippen LogP contribution is 2.36. The molecule has 0 amide bonds. The van der Waals surface area contributed by atoms with Gasteiger partial charge in [-0.1, -0.05) is 31.9 Å². The van der Waals surface area contributed by atoms with E-state index in [1.165, 1.54) is 3.70 Å². The van der Waals surface area contributed by atoms with Gasteiger partial charge in [0, 0.05) is 34.4 Å². The van der Waals surface area contributed by atoms with Crippen LogP contribution >= 0.6 is 77.0 Å². The molecular formula is C24H20Br2I2N4O2. The molecule has 0 saturated carbocycles. The minimum absolute atomic E-state index is 0.744. The van der Waals surface area contributed by atoms with Gasteiger partial charge in [0.25, 0.3) is 0 Å². The molecule has 0 spiro atoms. The number of nitrogens with zero attached hydrogens (tertiary/aromatic N) is 4. The third-order valence-electron chi connectivity index (χ3n) is 5.54. The second kappa shape index (κ2) is 10.9. The van der Waals surface area contributed by atoms with E-state index in [0.717, 1.165) is 86.1 Å². The van der Waals surface area contributed by atoms with E-state index in [4.69, 9.17) is 9.47 Å². The standard InChI is InChI=1S/C12H9BrI2N2O.C12H11BrN2O/c13-7-2-3-8-9(6-7)18-5-1-4-17-11(15)10(14)16-12(8)17;13-9-2-3-10-11(8-9)16-7-1-5-15-6-4-14-12(10)15/h2-3,6H,1,4-5H2;2-4,6,8H,1,5,7H2. The van der Waals surface area contributed by atoms with Crippen LogP contribution < -0.4 is 9.47 Å². The van der Waals surface area contributed by atoms with Gasteiger partial charge < -0.3 is 18.6 Å². The summed E-state index contributed by atoms with van der Waals surface area (Å²) < 4.78 is 20.4. The molecule has 6 nitrogen and oxygen atoms in total. The van der Waals surface area contributed by atoms with Crippen molar-refractivity contribution in [2.24, 2.45) is 0 Å². The average Bonchev–Trinajstić information content (AvgIpc) is 3.36. The third kappa shape index (κ3) is 5.19. The number of ether oxygens (including phenoxy) is 2. The molecule has 10 heteroatoms. The van der Waals surface area contributed by atoms with Crippen LogP contribution in [0.5, 0.6) is 11.5 Å². The number of aryl methyl sites for hydroxylation is 1. The SMILES string of the molecule is Brc1ccc2c(c1)OCCCn1c-2nc(I)c1I.Brc1ccc2c(c1)OCCCn1ccnc1-2. The van der Waals surface area contributed by atoms with Crippen LogP contribution in [0.15, 0.2) is 57.7 Å². The Balaban J connectivity index is 0.000000142. The van der Waals surface area contributed by atoms with Crippen molar-refractivity contribution in [2.75, 3.05) is 13.2 Å². The van der Waals surface area contributed by atoms with Crippen molar-refractivity contribution >= 4 is 77.0 Å². The molecule has 6 rings (SSSR count). The summed E-state index contributed by atoms with van der Waals surface area (Å²) in [7, 11) is 0. The van der Waals surface area contributed by atoms with Crippen molar-refractivity contribution in [2.45, 2.75) is 25.9 Å². The molecule has 0 atom stereocenters. The van der Waals surface area contributed by atoms with Crippen LogP contribution in [0.4, 0.5) is 0 Å². The molecule has 4 aromatic rings. The number of aromatic nitrogens is 4. The Hall–Kier alpha value is -1.12. The molecule has 2 aliphatic heterocycles. The van der Waals surface area contributed by atoms with Gasteiger partial charge in [-0.2, -0.15) is 0 Å². The van der Waals surface area contributed by atoms with Gasteiger partial charge in [-0.15, -0.1) is 0 Å². The van der Waals surface area contributed by atoms with Gasteiger partial charge in [0.2, 0.25) is 0 Å². The van der Waals surface area contributed by atoms with Crippen molar-refractivity contribution in [3.63, 3.8) is 0 Å². The molecule has 0 saturated heterocycles. The van der Waals surface area contributed by atoms with E-state index < -0.39 is 0 Å². The van der Waals surface area contributed by atoms with E-state index in [1.807, 2.05) is 42.7 Å². The Kier molecular flexibility index (Phi) is 7.86. The molecule has 176 valence electrons. The van der Waals surface area contributed by atoms with Crippen molar-refractivity contribution in [3.05, 3.63) is 65.1 Å². The van der Waals surface area contributed by atoms with E-state index in [-0.39, 0.29) is 0 Å². The van der Waals surface area contributed by atoms with Gasteiger partial charge in [-0.25, -0.2) is 9.97 Å². The molecule has 4 heterocycles. The minimum atomic E-state index is 0.744. The summed E-state index contributed by atoms with van der Waals surface area (Å²) in [6.45, 7) is 3.42. The summed E-state index contributed by atoms with van der Waals surface area (Å²) in [6, 6.07) is 12.2. The van der Waals surface area contributed by atoms with Gasteiger partial charge in [-0.3, -0.25) is 0 Å². The Bertz CT molecular complexity index is 1340. The Labute approximate surface area is 242 Å². The van der Waals surface area contributed by atoms with Crippen molar-refractivity contribution in [1.29, 1.82) is 0 Å². The van der Waals surface area contributed by atoms with Crippen LogP contribution in [0.2, 0.25) is 0 Å². The Morgan fingerprint density at radius 3 is 2.12 bits per heavy atom. The first kappa shape index (κ1) is 24.6. The minimum Gasteiger partial charge on any atom is -0.493 e. The summed E-state index contributed by atoms with van der Waals surface area (Å²) >= 11 is 11.6. The lowest BCUT2D eigenvalue weighted by Crippen LogP contribution is -2.11. The van der Waals surface area contributed by atoms with Crippen LogP contribution in [0.25, 0.3) is 22.8 Å². The molecule has 2 aromatic heterocycles. The summed E-state index contributed by atoms with van der Waals surface area (Å²) in [6.07, 6.45) is 5.87. The summed E-state index contributed by atoms with van der Waals surface area (Å²) in [4.78, 5) is 9.07. The third-order valence-corrected chi connectivity index (χ3v) is 9.40. The molecule has 2 aromatic carbocycles. The van der Waals surface area contributed by atoms with Gasteiger partial charge in [0.15, 0.2) is 0 Å². The molecule has 34 heavy (non-hydrogen) atoms. The zero-order valence-corrected chi connectivity index (χ0v) is 25.5. The van der Waals surface area contributed by atoms with Crippen LogP contribution in [0.3, 0.4) is 0 Å². The fourth-order valence-corrected chi connectivity index (χ4v) is 5.76. The lowest BCUT2D eigenvalue weighted by Gasteiger charge is -2.17. The number of rotatable bonds is 0. The number of halogens is 4. The van der Waals surface area contributed by atoms with Crippen LogP contribution in [-0.4, -0.2) is 32.3 Å². The molecule has 2 aliphatic rings. The maximum absolute atomic E-state index is 5.83. The molecule has 0 N–H and O–H groups in total. The fraction of sp³-hybridized carbons (Fsp3) is 0.250. The van der Waals surface area contributed by atoms with Crippen molar-refractivity contribution in [1.82, 2.24) is 19.1 Å². The zero-order valence-electron chi connectivity index (χ0n) is 18.0. The molecule has 0 unspecified atom stereocenters. The number of hydrogen-bond acceptors (Lipinski definition) is 4. The molecule has 0 bridgehead atoms. The van der Waals surface area contributed by atoms with Crippen LogP contribution in [0, 0.1) is 7.40 Å². The first-order valence-electron chi connectivity index (χ1n) is 10.8. The van der Waals surface area contributed by atoms with E-state index in [9.17, 15) is 0 Å². The van der Waals surface area contributed by atoms with E-state index >= 15 is 0 Å². The van der Waals surface area contributed by atoms with Gasteiger partial charge in [0.1, 0.15) is 30.5 Å². The molecule has 0 radical (unpaired) electrons. The monoisotopic (exact) mass is 808 g/mol. The van der Waals surface area contributed by atoms with Crippen LogP contribution in [0.1, 0.15) is 12.8 Å². The number of benzene rings is 2. The largest absolute Gasteiger partial charge is 0.493 e. The van der Waals surface area contributed by atoms with Gasteiger partial charge in [0.05, 0.1) is 24.3 Å². The molecule has 0 aliphatic carbocycles. The van der Waals surface area contributed by atoms with Crippen LogP contribution in [-0.2, 0) is 13.1 Å². The quantitative estimate of drug-likeness (QED) is 0.174. The summed E-state index contributed by atoms with van der Waals surface area (Å²) in [5.41, 5.74) is 2.13. The predicted octanol–water partition coefficient (Wildman–Crippen LogP) is 7.40. The Morgan fingerprint density at radius 2 is 1.44 bits per heavy atom. The first-order valence-corrected chi connectivity index (χ1v) is 14.5. The lowest BCUT2D eigenvalue weighted by molar-refractivity contribution is 0.298. The highest BCUT2D eigenvalue weighted by molar-refractivity contribution is 14.1. The van der Waals surface area contributed by atoms with Crippen molar-refractivity contribution in [3.8, 4) is 34.3 Å². The normalized spacial score (nSPS) is 14.2. The maximum Gasteiger partial charge on any atom is 0.145 e. The highest BCUT2D eigenvalue weighted by atomic mass is 127. The number of imidazole rings is 2. The van der Waals surface area contributed by atoms with Crippen molar-refractivity contribution < 1.29 is 9.47 Å². The number of fused-ring (bicyclic) bond motifs is 6. The van der Waals surface area contributed by atoms with E-state index in [1.54, 1.807) is 0 Å². The maximum atomic E-state index is 5.83. The fourth-order valence-electron chi connectivity index (χ4n) is 3.97. The second-order valence-corrected chi connectivity index (χ2v) is 11.7.